The maximum atomic E-state index is 6.56. The molecule has 2 N–H and O–H groups in total. The van der Waals surface area contributed by atoms with Gasteiger partial charge in [-0.05, 0) is 77.0 Å². The lowest BCUT2D eigenvalue weighted by molar-refractivity contribution is 0.176. The fourth-order valence-electron chi connectivity index (χ4n) is 4.61. The molecular weight excluding hydrogens is 424 g/mol. The molecule has 0 radical (unpaired) electrons. The zero-order valence-electron chi connectivity index (χ0n) is 16.2. The summed E-state index contributed by atoms with van der Waals surface area (Å²) in [5.41, 5.74) is 1.22. The summed E-state index contributed by atoms with van der Waals surface area (Å²) in [6.07, 6.45) is 8.93. The molecule has 1 aliphatic heterocycles. The van der Waals surface area contributed by atoms with Crippen molar-refractivity contribution in [1.82, 2.24) is 15.5 Å². The molecule has 158 valence electrons. The van der Waals surface area contributed by atoms with Crippen molar-refractivity contribution in [2.24, 2.45) is 0 Å². The maximum Gasteiger partial charge on any atom is 0.0602 e. The fraction of sp³-hybridized carbons (Fsp3) is 0.700. The third-order valence-corrected chi connectivity index (χ3v) is 6.28. The molecule has 1 heterocycles. The van der Waals surface area contributed by atoms with Gasteiger partial charge in [0.25, 0.3) is 0 Å². The summed E-state index contributed by atoms with van der Waals surface area (Å²) in [6.45, 7) is 4.92. The summed E-state index contributed by atoms with van der Waals surface area (Å²) >= 11 is 6.56. The molecule has 0 spiro atoms. The van der Waals surface area contributed by atoms with Crippen LogP contribution in [0, 0.1) is 0 Å². The first-order chi connectivity index (χ1) is 11.8. The van der Waals surface area contributed by atoms with Gasteiger partial charge < -0.3 is 15.5 Å². The Hall–Kier alpha value is 0.260. The average molecular weight is 459 g/mol. The van der Waals surface area contributed by atoms with Gasteiger partial charge in [0.1, 0.15) is 0 Å². The molecule has 1 aliphatic carbocycles. The van der Waals surface area contributed by atoms with Crippen molar-refractivity contribution in [2.45, 2.75) is 56.5 Å². The molecule has 27 heavy (non-hydrogen) atoms. The largest absolute Gasteiger partial charge is 0.312 e. The molecule has 2 aliphatic rings. The summed E-state index contributed by atoms with van der Waals surface area (Å²) in [5.74, 6) is 0. The van der Waals surface area contributed by atoms with Crippen LogP contribution in [0.1, 0.15) is 50.5 Å². The van der Waals surface area contributed by atoms with Gasteiger partial charge in [-0.2, -0.15) is 0 Å². The summed E-state index contributed by atoms with van der Waals surface area (Å²) in [7, 11) is 2.09. The molecule has 0 aromatic heterocycles. The van der Waals surface area contributed by atoms with Crippen molar-refractivity contribution >= 4 is 48.8 Å². The van der Waals surface area contributed by atoms with E-state index >= 15 is 0 Å². The molecule has 2 atom stereocenters. The van der Waals surface area contributed by atoms with E-state index in [-0.39, 0.29) is 42.8 Å². The zero-order valence-corrected chi connectivity index (χ0v) is 19.4. The lowest BCUT2D eigenvalue weighted by Gasteiger charge is -2.45. The molecule has 2 fully saturated rings. The Morgan fingerprint density at radius 1 is 1.07 bits per heavy atom. The second-order valence-electron chi connectivity index (χ2n) is 7.36. The molecule has 0 unspecified atom stereocenters. The fourth-order valence-corrected chi connectivity index (χ4v) is 4.92. The first-order valence-corrected chi connectivity index (χ1v) is 10.0. The second kappa shape index (κ2) is 13.5. The van der Waals surface area contributed by atoms with E-state index in [2.05, 4.69) is 34.7 Å². The average Bonchev–Trinajstić information content (AvgIpc) is 3.13. The lowest BCUT2D eigenvalue weighted by Crippen LogP contribution is -2.58. The molecule has 0 bridgehead atoms. The number of nitrogens with zero attached hydrogens (tertiary/aromatic N) is 1. The standard InChI is InChI=1S/C20H32ClN3.3ClH/c1-22-20(17-9-2-3-10-18(17)21)12-5-4-11-19(20)23-13-8-16-24-14-6-7-15-24;;;/h2-3,9-10,19,22-23H,4-8,11-16H2,1H3;3*1H/t19-,20-;;;/m0.../s1. The van der Waals surface area contributed by atoms with Crippen LogP contribution >= 0.6 is 48.8 Å². The van der Waals surface area contributed by atoms with Crippen LogP contribution in [0.5, 0.6) is 0 Å². The number of hydrogen-bond acceptors (Lipinski definition) is 3. The lowest BCUT2D eigenvalue weighted by atomic mass is 9.72. The minimum absolute atomic E-state index is 0. The van der Waals surface area contributed by atoms with Crippen LogP contribution in [0.4, 0.5) is 0 Å². The van der Waals surface area contributed by atoms with Crippen molar-refractivity contribution in [1.29, 1.82) is 0 Å². The van der Waals surface area contributed by atoms with Crippen LogP contribution < -0.4 is 10.6 Å². The third-order valence-electron chi connectivity index (χ3n) is 5.95. The number of rotatable bonds is 7. The zero-order chi connectivity index (χ0) is 16.8. The molecule has 1 aromatic carbocycles. The summed E-state index contributed by atoms with van der Waals surface area (Å²) in [4.78, 5) is 2.60. The van der Waals surface area contributed by atoms with Crippen LogP contribution in [0.25, 0.3) is 0 Å². The molecule has 3 rings (SSSR count). The van der Waals surface area contributed by atoms with Gasteiger partial charge in [0.15, 0.2) is 0 Å². The third kappa shape index (κ3) is 6.64. The molecule has 0 amide bonds. The number of halogens is 4. The van der Waals surface area contributed by atoms with Gasteiger partial charge >= 0.3 is 0 Å². The Balaban J connectivity index is 0.00000225. The van der Waals surface area contributed by atoms with E-state index < -0.39 is 0 Å². The quantitative estimate of drug-likeness (QED) is 0.560. The van der Waals surface area contributed by atoms with Gasteiger partial charge in [-0.1, -0.05) is 42.6 Å². The maximum absolute atomic E-state index is 6.56. The molecule has 1 saturated heterocycles. The molecule has 7 heteroatoms. The van der Waals surface area contributed by atoms with Crippen LogP contribution in [-0.4, -0.2) is 44.2 Å². The van der Waals surface area contributed by atoms with E-state index in [0.717, 1.165) is 18.0 Å². The predicted octanol–water partition coefficient (Wildman–Crippen LogP) is 5.04. The first kappa shape index (κ1) is 27.3. The van der Waals surface area contributed by atoms with Crippen molar-refractivity contribution in [2.75, 3.05) is 33.2 Å². The number of benzene rings is 1. The second-order valence-corrected chi connectivity index (χ2v) is 7.76. The SMILES string of the molecule is CN[C@]1(c2ccccc2Cl)CCCC[C@@H]1NCCCN1CCCC1.Cl.Cl.Cl. The van der Waals surface area contributed by atoms with Crippen LogP contribution in [0.2, 0.25) is 5.02 Å². The van der Waals surface area contributed by atoms with E-state index in [4.69, 9.17) is 11.6 Å². The van der Waals surface area contributed by atoms with E-state index in [1.165, 1.54) is 63.7 Å². The monoisotopic (exact) mass is 457 g/mol. The smallest absolute Gasteiger partial charge is 0.0602 e. The minimum Gasteiger partial charge on any atom is -0.312 e. The number of likely N-dealkylation sites (N-methyl/N-ethyl adjacent to an activating group) is 1. The first-order valence-electron chi connectivity index (χ1n) is 9.66. The van der Waals surface area contributed by atoms with Crippen LogP contribution in [0.15, 0.2) is 24.3 Å². The normalized spacial score (nSPS) is 25.2. The predicted molar refractivity (Wildman–Crippen MR) is 124 cm³/mol. The van der Waals surface area contributed by atoms with Gasteiger partial charge in [0.2, 0.25) is 0 Å². The van der Waals surface area contributed by atoms with E-state index in [1.807, 2.05) is 12.1 Å². The molecule has 1 aromatic rings. The van der Waals surface area contributed by atoms with Crippen molar-refractivity contribution in [3.8, 4) is 0 Å². The van der Waals surface area contributed by atoms with Gasteiger partial charge in [0.05, 0.1) is 5.54 Å². The highest BCUT2D eigenvalue weighted by Gasteiger charge is 2.41. The Bertz CT molecular complexity index is 526. The molecule has 3 nitrogen and oxygen atoms in total. The van der Waals surface area contributed by atoms with Crippen molar-refractivity contribution in [3.63, 3.8) is 0 Å². The van der Waals surface area contributed by atoms with E-state index in [1.54, 1.807) is 0 Å². The number of hydrogen-bond donors (Lipinski definition) is 2. The summed E-state index contributed by atoms with van der Waals surface area (Å²) in [6, 6.07) is 8.81. The van der Waals surface area contributed by atoms with Gasteiger partial charge in [-0.15, -0.1) is 37.2 Å². The Morgan fingerprint density at radius 2 is 1.78 bits per heavy atom. The minimum atomic E-state index is -0.0375. The topological polar surface area (TPSA) is 27.3 Å². The Morgan fingerprint density at radius 3 is 2.44 bits per heavy atom. The van der Waals surface area contributed by atoms with Crippen molar-refractivity contribution in [3.05, 3.63) is 34.9 Å². The van der Waals surface area contributed by atoms with Gasteiger partial charge in [0, 0.05) is 11.1 Å². The summed E-state index contributed by atoms with van der Waals surface area (Å²) < 4.78 is 0. The highest BCUT2D eigenvalue weighted by molar-refractivity contribution is 6.31. The van der Waals surface area contributed by atoms with Crippen molar-refractivity contribution < 1.29 is 0 Å². The van der Waals surface area contributed by atoms with E-state index in [0.29, 0.717) is 6.04 Å². The Labute approximate surface area is 188 Å². The van der Waals surface area contributed by atoms with Crippen LogP contribution in [0.3, 0.4) is 0 Å². The molecular formula is C20H35Cl4N3. The number of nitrogens with one attached hydrogen (secondary N) is 2. The highest BCUT2D eigenvalue weighted by atomic mass is 35.5. The van der Waals surface area contributed by atoms with Gasteiger partial charge in [-0.25, -0.2) is 0 Å². The highest BCUT2D eigenvalue weighted by Crippen LogP contribution is 2.40. The Kier molecular flexibility index (Phi) is 13.6. The van der Waals surface area contributed by atoms with E-state index in [9.17, 15) is 0 Å². The van der Waals surface area contributed by atoms with Crippen LogP contribution in [-0.2, 0) is 5.54 Å². The number of likely N-dealkylation sites (tertiary alicyclic amines) is 1. The van der Waals surface area contributed by atoms with Gasteiger partial charge in [-0.3, -0.25) is 0 Å². The molecule has 1 saturated carbocycles. The summed E-state index contributed by atoms with van der Waals surface area (Å²) in [5, 5.41) is 8.40.